The third-order valence-electron chi connectivity index (χ3n) is 5.25. The molecule has 0 saturated heterocycles. The van der Waals surface area contributed by atoms with Crippen LogP contribution in [0.4, 0.5) is 5.69 Å². The fourth-order valence-electron chi connectivity index (χ4n) is 3.61. The second-order valence-corrected chi connectivity index (χ2v) is 7.34. The van der Waals surface area contributed by atoms with Crippen molar-refractivity contribution >= 4 is 28.3 Å². The van der Waals surface area contributed by atoms with E-state index in [0.29, 0.717) is 11.4 Å². The number of aromatic amines is 2. The first-order chi connectivity index (χ1) is 15.5. The molecule has 0 unspecified atom stereocenters. The van der Waals surface area contributed by atoms with Crippen LogP contribution in [0.5, 0.6) is 0 Å². The molecule has 5 aromatic rings. The van der Waals surface area contributed by atoms with Gasteiger partial charge in [0.25, 0.3) is 5.56 Å². The van der Waals surface area contributed by atoms with Crippen LogP contribution in [-0.4, -0.2) is 30.5 Å². The molecule has 0 saturated carbocycles. The van der Waals surface area contributed by atoms with Crippen LogP contribution in [0.15, 0.2) is 59.5 Å². The van der Waals surface area contributed by atoms with Crippen LogP contribution in [0.1, 0.15) is 16.8 Å². The van der Waals surface area contributed by atoms with Crippen molar-refractivity contribution in [1.82, 2.24) is 24.6 Å². The number of nitrogens with zero attached hydrogens (tertiary/aromatic N) is 4. The van der Waals surface area contributed by atoms with Crippen molar-refractivity contribution in [2.75, 3.05) is 5.32 Å². The van der Waals surface area contributed by atoms with Crippen LogP contribution in [0.2, 0.25) is 0 Å². The van der Waals surface area contributed by atoms with Gasteiger partial charge in [0.15, 0.2) is 5.65 Å². The van der Waals surface area contributed by atoms with E-state index in [2.05, 4.69) is 25.4 Å². The molecule has 0 aliphatic rings. The van der Waals surface area contributed by atoms with Crippen molar-refractivity contribution in [2.45, 2.75) is 13.3 Å². The van der Waals surface area contributed by atoms with Crippen LogP contribution in [0.25, 0.3) is 28.1 Å². The van der Waals surface area contributed by atoms with E-state index in [4.69, 9.17) is 5.26 Å². The fraction of sp³-hybridized carbons (Fsp3) is 0.0870. The number of H-pyrrole nitrogens is 2. The summed E-state index contributed by atoms with van der Waals surface area (Å²) in [6, 6.07) is 17.1. The van der Waals surface area contributed by atoms with Crippen molar-refractivity contribution in [1.29, 1.82) is 5.26 Å². The molecule has 0 atom stereocenters. The van der Waals surface area contributed by atoms with E-state index < -0.39 is 5.56 Å². The van der Waals surface area contributed by atoms with Crippen LogP contribution in [0, 0.1) is 18.3 Å². The van der Waals surface area contributed by atoms with Gasteiger partial charge in [-0.25, -0.2) is 14.5 Å². The predicted molar refractivity (Wildman–Crippen MR) is 119 cm³/mol. The Kier molecular flexibility index (Phi) is 4.53. The van der Waals surface area contributed by atoms with Crippen LogP contribution < -0.4 is 10.9 Å². The van der Waals surface area contributed by atoms with Crippen LogP contribution in [-0.2, 0) is 11.2 Å². The third kappa shape index (κ3) is 3.30. The molecule has 0 fully saturated rings. The highest BCUT2D eigenvalue weighted by Gasteiger charge is 2.16. The average Bonchev–Trinajstić information content (AvgIpc) is 3.41. The minimum absolute atomic E-state index is 0.132. The number of aromatic nitrogens is 5. The molecule has 3 heterocycles. The normalized spacial score (nSPS) is 11.0. The number of aryl methyl sites for hydroxylation is 1. The van der Waals surface area contributed by atoms with Gasteiger partial charge in [0.05, 0.1) is 17.5 Å². The molecule has 0 aliphatic heterocycles. The fourth-order valence-corrected chi connectivity index (χ4v) is 3.61. The van der Waals surface area contributed by atoms with E-state index in [9.17, 15) is 9.59 Å². The van der Waals surface area contributed by atoms with Gasteiger partial charge in [-0.3, -0.25) is 14.7 Å². The molecule has 2 aromatic carbocycles. The number of amides is 1. The first-order valence-electron chi connectivity index (χ1n) is 9.88. The number of imidazole rings is 1. The van der Waals surface area contributed by atoms with Gasteiger partial charge < -0.3 is 10.3 Å². The second-order valence-electron chi connectivity index (χ2n) is 7.34. The molecule has 3 aromatic heterocycles. The molecular weight excluding hydrogens is 406 g/mol. The summed E-state index contributed by atoms with van der Waals surface area (Å²) in [4.78, 5) is 37.5. The molecule has 0 aliphatic carbocycles. The first-order valence-corrected chi connectivity index (χ1v) is 9.88. The largest absolute Gasteiger partial charge is 0.338 e. The zero-order valence-electron chi connectivity index (χ0n) is 17.0. The Morgan fingerprint density at radius 3 is 2.69 bits per heavy atom. The van der Waals surface area contributed by atoms with Gasteiger partial charge in [-0.1, -0.05) is 12.1 Å². The van der Waals surface area contributed by atoms with E-state index in [-0.39, 0.29) is 29.1 Å². The lowest BCUT2D eigenvalue weighted by Gasteiger charge is -2.08. The number of hydrogen-bond donors (Lipinski definition) is 3. The minimum Gasteiger partial charge on any atom is -0.338 e. The van der Waals surface area contributed by atoms with E-state index in [1.807, 2.05) is 42.5 Å². The van der Waals surface area contributed by atoms with Crippen molar-refractivity contribution in [3.8, 4) is 17.5 Å². The number of hydrogen-bond acceptors (Lipinski definition) is 5. The number of para-hydroxylation sites is 2. The molecule has 32 heavy (non-hydrogen) atoms. The predicted octanol–water partition coefficient (Wildman–Crippen LogP) is 2.93. The van der Waals surface area contributed by atoms with Gasteiger partial charge in [-0.2, -0.15) is 5.26 Å². The molecule has 9 heteroatoms. The zero-order valence-corrected chi connectivity index (χ0v) is 17.0. The SMILES string of the molecule is Cc1nc2c(C#N)c[nH]n2c(=O)c1CC(=O)Nc1ccc(-c2nc3ccccc3[nH]2)cc1. The number of benzene rings is 2. The number of anilines is 1. The molecule has 0 spiro atoms. The van der Waals surface area contributed by atoms with Crippen molar-refractivity contribution in [3.63, 3.8) is 0 Å². The lowest BCUT2D eigenvalue weighted by Crippen LogP contribution is -2.26. The number of nitriles is 1. The Bertz CT molecular complexity index is 1550. The quantitative estimate of drug-likeness (QED) is 0.409. The summed E-state index contributed by atoms with van der Waals surface area (Å²) in [6.45, 7) is 1.65. The lowest BCUT2D eigenvalue weighted by atomic mass is 10.1. The zero-order chi connectivity index (χ0) is 22.2. The molecular formula is C23H17N7O2. The maximum Gasteiger partial charge on any atom is 0.276 e. The summed E-state index contributed by atoms with van der Waals surface area (Å²) in [5.41, 5.74) is 4.14. The summed E-state index contributed by atoms with van der Waals surface area (Å²) in [5, 5.41) is 14.6. The molecule has 1 amide bonds. The molecule has 0 bridgehead atoms. The second kappa shape index (κ2) is 7.52. The Hall–Kier alpha value is -4.71. The van der Waals surface area contributed by atoms with Gasteiger partial charge in [0, 0.05) is 28.7 Å². The van der Waals surface area contributed by atoms with E-state index in [1.54, 1.807) is 19.1 Å². The average molecular weight is 423 g/mol. The molecule has 0 radical (unpaired) electrons. The molecule has 5 rings (SSSR count). The number of carbonyl (C=O) groups excluding carboxylic acids is 1. The maximum atomic E-state index is 12.7. The summed E-state index contributed by atoms with van der Waals surface area (Å²) in [7, 11) is 0. The summed E-state index contributed by atoms with van der Waals surface area (Å²) < 4.78 is 1.18. The van der Waals surface area contributed by atoms with Gasteiger partial charge in [0.1, 0.15) is 17.5 Å². The minimum atomic E-state index is -0.399. The first kappa shape index (κ1) is 19.3. The highest BCUT2D eigenvalue weighted by Crippen LogP contribution is 2.22. The smallest absolute Gasteiger partial charge is 0.276 e. The Labute approximate surface area is 181 Å². The maximum absolute atomic E-state index is 12.7. The Morgan fingerprint density at radius 1 is 1.16 bits per heavy atom. The number of carbonyl (C=O) groups is 1. The molecule has 3 N–H and O–H groups in total. The molecule has 156 valence electrons. The number of rotatable bonds is 4. The van der Waals surface area contributed by atoms with Crippen LogP contribution in [0.3, 0.4) is 0 Å². The van der Waals surface area contributed by atoms with Crippen LogP contribution >= 0.6 is 0 Å². The third-order valence-corrected chi connectivity index (χ3v) is 5.25. The summed E-state index contributed by atoms with van der Waals surface area (Å²) >= 11 is 0. The van der Waals surface area contributed by atoms with Crippen molar-refractivity contribution in [3.05, 3.63) is 81.9 Å². The van der Waals surface area contributed by atoms with E-state index >= 15 is 0 Å². The lowest BCUT2D eigenvalue weighted by molar-refractivity contribution is -0.115. The van der Waals surface area contributed by atoms with E-state index in [0.717, 1.165) is 22.4 Å². The number of nitrogens with one attached hydrogen (secondary N) is 3. The topological polar surface area (TPSA) is 132 Å². The number of fused-ring (bicyclic) bond motifs is 2. The standard InChI is InChI=1S/C23H17N7O2/c1-13-17(23(32)30-22(26-13)15(11-24)12-25-30)10-20(31)27-16-8-6-14(7-9-16)21-28-18-4-2-3-5-19(18)29-21/h2-9,12,25H,10H2,1H3,(H,27,31)(H,28,29). The summed E-state index contributed by atoms with van der Waals surface area (Å²) in [5.74, 6) is 0.408. The van der Waals surface area contributed by atoms with Crippen molar-refractivity contribution < 1.29 is 4.79 Å². The Balaban J connectivity index is 1.34. The monoisotopic (exact) mass is 423 g/mol. The van der Waals surface area contributed by atoms with E-state index in [1.165, 1.54) is 10.7 Å². The highest BCUT2D eigenvalue weighted by atomic mass is 16.2. The summed E-state index contributed by atoms with van der Waals surface area (Å²) in [6.07, 6.45) is 1.28. The van der Waals surface area contributed by atoms with Gasteiger partial charge >= 0.3 is 0 Å². The van der Waals surface area contributed by atoms with Crippen molar-refractivity contribution in [2.24, 2.45) is 0 Å². The van der Waals surface area contributed by atoms with Gasteiger partial charge in [-0.05, 0) is 43.3 Å². The Morgan fingerprint density at radius 2 is 1.94 bits per heavy atom. The van der Waals surface area contributed by atoms with Gasteiger partial charge in [-0.15, -0.1) is 0 Å². The molecule has 9 nitrogen and oxygen atoms in total. The van der Waals surface area contributed by atoms with Gasteiger partial charge in [0.2, 0.25) is 5.91 Å². The highest BCUT2D eigenvalue weighted by molar-refractivity contribution is 5.92.